The second-order valence-electron chi connectivity index (χ2n) is 5.62. The zero-order chi connectivity index (χ0) is 17.8. The van der Waals surface area contributed by atoms with Crippen LogP contribution in [0.2, 0.25) is 0 Å². The molecule has 0 saturated heterocycles. The van der Waals surface area contributed by atoms with E-state index in [9.17, 15) is 9.59 Å². The summed E-state index contributed by atoms with van der Waals surface area (Å²) >= 11 is 0. The van der Waals surface area contributed by atoms with Gasteiger partial charge < -0.3 is 9.30 Å². The molecule has 0 unspecified atom stereocenters. The Balaban J connectivity index is 2.33. The summed E-state index contributed by atoms with van der Waals surface area (Å²) in [6.07, 6.45) is 2.86. The van der Waals surface area contributed by atoms with E-state index in [0.717, 1.165) is 22.0 Å². The Bertz CT molecular complexity index is 1000. The van der Waals surface area contributed by atoms with Crippen LogP contribution in [-0.4, -0.2) is 17.1 Å². The van der Waals surface area contributed by atoms with E-state index in [0.29, 0.717) is 12.2 Å². The number of fused-ring (bicyclic) bond motifs is 1. The van der Waals surface area contributed by atoms with Gasteiger partial charge in [0.1, 0.15) is 0 Å². The Hall–Kier alpha value is -3.14. The Kier molecular flexibility index (Phi) is 4.80. The Morgan fingerprint density at radius 3 is 2.48 bits per heavy atom. The third kappa shape index (κ3) is 3.24. The molecule has 126 valence electrons. The highest BCUT2D eigenvalue weighted by atomic mass is 16.5. The van der Waals surface area contributed by atoms with E-state index >= 15 is 0 Å². The zero-order valence-corrected chi connectivity index (χ0v) is 14.2. The molecule has 4 nitrogen and oxygen atoms in total. The van der Waals surface area contributed by atoms with Gasteiger partial charge in [0.2, 0.25) is 0 Å². The van der Waals surface area contributed by atoms with Crippen molar-refractivity contribution in [2.45, 2.75) is 6.92 Å². The predicted octanol–water partition coefficient (Wildman–Crippen LogP) is 3.78. The number of hydrogen-bond donors (Lipinski definition) is 0. The van der Waals surface area contributed by atoms with E-state index in [1.807, 2.05) is 54.6 Å². The molecule has 3 rings (SSSR count). The van der Waals surface area contributed by atoms with Crippen molar-refractivity contribution < 1.29 is 9.53 Å². The quantitative estimate of drug-likeness (QED) is 0.539. The smallest absolute Gasteiger partial charge is 0.330 e. The van der Waals surface area contributed by atoms with Gasteiger partial charge in [-0.05, 0) is 24.6 Å². The summed E-state index contributed by atoms with van der Waals surface area (Å²) in [5.74, 6) is -0.461. The number of esters is 1. The first-order valence-corrected chi connectivity index (χ1v) is 8.15. The number of nitrogens with zero attached hydrogens (tertiary/aromatic N) is 1. The molecule has 2 aromatic carbocycles. The maximum Gasteiger partial charge on any atom is 0.330 e. The first kappa shape index (κ1) is 16.7. The number of carbonyl (C=O) groups is 1. The molecule has 0 radical (unpaired) electrons. The van der Waals surface area contributed by atoms with Crippen molar-refractivity contribution in [1.29, 1.82) is 0 Å². The molecular weight excluding hydrogens is 314 g/mol. The predicted molar refractivity (Wildman–Crippen MR) is 100 cm³/mol. The summed E-state index contributed by atoms with van der Waals surface area (Å²) < 4.78 is 6.54. The van der Waals surface area contributed by atoms with E-state index in [-0.39, 0.29) is 5.56 Å². The lowest BCUT2D eigenvalue weighted by Crippen LogP contribution is -2.21. The summed E-state index contributed by atoms with van der Waals surface area (Å²) in [6, 6.07) is 17.5. The standard InChI is InChI=1S/C21H19NO3/c1-3-25-19(23)14-13-17-20(15-9-5-4-6-10-15)16-11-7-8-12-18(16)22(2)21(17)24/h4-14H,3H2,1-2H3/b14-13+. The SMILES string of the molecule is CCOC(=O)/C=C/c1c(-c2ccccc2)c2ccccc2n(C)c1=O. The van der Waals surface area contributed by atoms with Crippen LogP contribution in [0, 0.1) is 0 Å². The number of para-hydroxylation sites is 1. The highest BCUT2D eigenvalue weighted by Crippen LogP contribution is 2.30. The molecule has 0 spiro atoms. The number of benzene rings is 2. The van der Waals surface area contributed by atoms with E-state index < -0.39 is 5.97 Å². The lowest BCUT2D eigenvalue weighted by molar-refractivity contribution is -0.137. The fourth-order valence-corrected chi connectivity index (χ4v) is 2.93. The van der Waals surface area contributed by atoms with Gasteiger partial charge in [-0.15, -0.1) is 0 Å². The second kappa shape index (κ2) is 7.18. The number of hydrogen-bond acceptors (Lipinski definition) is 3. The van der Waals surface area contributed by atoms with E-state index in [1.54, 1.807) is 24.6 Å². The molecule has 0 aliphatic carbocycles. The lowest BCUT2D eigenvalue weighted by Gasteiger charge is -2.14. The first-order chi connectivity index (χ1) is 12.1. The summed E-state index contributed by atoms with van der Waals surface area (Å²) in [4.78, 5) is 24.6. The summed E-state index contributed by atoms with van der Waals surface area (Å²) in [5.41, 5.74) is 2.91. The van der Waals surface area contributed by atoms with Gasteiger partial charge in [0.05, 0.1) is 12.1 Å². The van der Waals surface area contributed by atoms with E-state index in [4.69, 9.17) is 4.74 Å². The minimum atomic E-state index is -0.461. The largest absolute Gasteiger partial charge is 0.463 e. The van der Waals surface area contributed by atoms with Gasteiger partial charge in [-0.2, -0.15) is 0 Å². The van der Waals surface area contributed by atoms with Crippen LogP contribution < -0.4 is 5.56 Å². The van der Waals surface area contributed by atoms with Gasteiger partial charge in [0.25, 0.3) is 5.56 Å². The number of aromatic nitrogens is 1. The van der Waals surface area contributed by atoms with Gasteiger partial charge in [-0.1, -0.05) is 48.5 Å². The molecule has 0 fully saturated rings. The van der Waals surface area contributed by atoms with Crippen LogP contribution in [0.15, 0.2) is 65.5 Å². The van der Waals surface area contributed by atoms with Crippen LogP contribution >= 0.6 is 0 Å². The second-order valence-corrected chi connectivity index (χ2v) is 5.62. The molecule has 0 bridgehead atoms. The molecule has 0 atom stereocenters. The van der Waals surface area contributed by atoms with Crippen molar-refractivity contribution in [1.82, 2.24) is 4.57 Å². The molecule has 25 heavy (non-hydrogen) atoms. The topological polar surface area (TPSA) is 48.3 Å². The minimum absolute atomic E-state index is 0.155. The molecule has 0 amide bonds. The first-order valence-electron chi connectivity index (χ1n) is 8.15. The molecule has 1 aromatic heterocycles. The molecule has 1 heterocycles. The molecule has 0 N–H and O–H groups in total. The zero-order valence-electron chi connectivity index (χ0n) is 14.2. The van der Waals surface area contributed by atoms with Crippen molar-refractivity contribution in [3.05, 3.63) is 76.6 Å². The monoisotopic (exact) mass is 333 g/mol. The summed E-state index contributed by atoms with van der Waals surface area (Å²) in [5, 5.41) is 0.958. The normalized spacial score (nSPS) is 11.1. The third-order valence-electron chi connectivity index (χ3n) is 4.07. The number of pyridine rings is 1. The maximum atomic E-state index is 12.9. The highest BCUT2D eigenvalue weighted by Gasteiger charge is 2.15. The van der Waals surface area contributed by atoms with Gasteiger partial charge in [0, 0.05) is 29.6 Å². The van der Waals surface area contributed by atoms with Crippen molar-refractivity contribution in [2.75, 3.05) is 6.61 Å². The van der Waals surface area contributed by atoms with Crippen molar-refractivity contribution in [3.8, 4) is 11.1 Å². The van der Waals surface area contributed by atoms with Gasteiger partial charge in [0.15, 0.2) is 0 Å². The molecule has 4 heteroatoms. The highest BCUT2D eigenvalue weighted by molar-refractivity contribution is 6.00. The molecule has 0 aliphatic heterocycles. The average Bonchev–Trinajstić information content (AvgIpc) is 2.64. The van der Waals surface area contributed by atoms with Crippen molar-refractivity contribution in [2.24, 2.45) is 7.05 Å². The summed E-state index contributed by atoms with van der Waals surface area (Å²) in [7, 11) is 1.74. The lowest BCUT2D eigenvalue weighted by atomic mass is 9.95. The average molecular weight is 333 g/mol. The number of rotatable bonds is 4. The molecule has 0 saturated carbocycles. The Labute approximate surface area is 146 Å². The third-order valence-corrected chi connectivity index (χ3v) is 4.07. The number of ether oxygens (including phenoxy) is 1. The van der Waals surface area contributed by atoms with Crippen LogP contribution in [0.4, 0.5) is 0 Å². The maximum absolute atomic E-state index is 12.9. The van der Waals surface area contributed by atoms with Crippen LogP contribution in [0.1, 0.15) is 12.5 Å². The van der Waals surface area contributed by atoms with E-state index in [2.05, 4.69) is 0 Å². The Morgan fingerprint density at radius 1 is 1.08 bits per heavy atom. The minimum Gasteiger partial charge on any atom is -0.463 e. The molecule has 0 aliphatic rings. The summed E-state index contributed by atoms with van der Waals surface area (Å²) in [6.45, 7) is 2.04. The van der Waals surface area contributed by atoms with Crippen molar-refractivity contribution in [3.63, 3.8) is 0 Å². The van der Waals surface area contributed by atoms with Crippen LogP contribution in [0.3, 0.4) is 0 Å². The van der Waals surface area contributed by atoms with Crippen molar-refractivity contribution >= 4 is 22.9 Å². The fraction of sp³-hybridized carbons (Fsp3) is 0.143. The molecular formula is C21H19NO3. The number of carbonyl (C=O) groups excluding carboxylic acids is 1. The molecule has 3 aromatic rings. The van der Waals surface area contributed by atoms with Gasteiger partial charge in [-0.3, -0.25) is 4.79 Å². The fourth-order valence-electron chi connectivity index (χ4n) is 2.93. The van der Waals surface area contributed by atoms with E-state index in [1.165, 1.54) is 6.08 Å². The number of aryl methyl sites for hydroxylation is 1. The van der Waals surface area contributed by atoms with Crippen LogP contribution in [0.25, 0.3) is 28.1 Å². The Morgan fingerprint density at radius 2 is 1.76 bits per heavy atom. The van der Waals surface area contributed by atoms with Crippen LogP contribution in [0.5, 0.6) is 0 Å². The van der Waals surface area contributed by atoms with Gasteiger partial charge in [-0.25, -0.2) is 4.79 Å². The van der Waals surface area contributed by atoms with Crippen LogP contribution in [-0.2, 0) is 16.6 Å². The van der Waals surface area contributed by atoms with Gasteiger partial charge >= 0.3 is 5.97 Å².